The maximum absolute atomic E-state index is 11.1. The maximum Gasteiger partial charge on any atom is 0.330 e. The molecule has 0 radical (unpaired) electrons. The van der Waals surface area contributed by atoms with Gasteiger partial charge in [-0.25, -0.2) is 4.79 Å². The number of quaternary nitrogens is 1. The first-order valence-electron chi connectivity index (χ1n) is 5.23. The summed E-state index contributed by atoms with van der Waals surface area (Å²) in [6, 6.07) is 0. The molecular formula is C11H20NO2+. The molecule has 2 N–H and O–H groups in total. The molecule has 80 valence electrons. The molecule has 0 unspecified atom stereocenters. The molecule has 0 aliphatic carbocycles. The highest BCUT2D eigenvalue weighted by atomic mass is 16.6. The van der Waals surface area contributed by atoms with Crippen LogP contribution in [0.25, 0.3) is 0 Å². The summed E-state index contributed by atoms with van der Waals surface area (Å²) < 4.78 is 5.36. The largest absolute Gasteiger partial charge is 0.456 e. The first kappa shape index (κ1) is 11.2. The monoisotopic (exact) mass is 198 g/mol. The summed E-state index contributed by atoms with van der Waals surface area (Å²) in [5.74, 6) is 0.168. The fourth-order valence-electron chi connectivity index (χ4n) is 2.01. The van der Waals surface area contributed by atoms with E-state index in [0.29, 0.717) is 5.92 Å². The summed E-state index contributed by atoms with van der Waals surface area (Å²) in [7, 11) is 0. The van der Waals surface area contributed by atoms with E-state index in [2.05, 4.69) is 11.9 Å². The minimum atomic E-state index is -0.348. The van der Waals surface area contributed by atoms with Crippen LogP contribution in [0, 0.1) is 5.92 Å². The quantitative estimate of drug-likeness (QED) is 0.529. The van der Waals surface area contributed by atoms with E-state index in [1.54, 1.807) is 0 Å². The Morgan fingerprint density at radius 3 is 2.57 bits per heavy atom. The Morgan fingerprint density at radius 1 is 1.50 bits per heavy atom. The Balaban J connectivity index is 2.53. The summed E-state index contributed by atoms with van der Waals surface area (Å²) in [4.78, 5) is 11.1. The van der Waals surface area contributed by atoms with Gasteiger partial charge in [-0.15, -0.1) is 0 Å². The molecule has 0 bridgehead atoms. The van der Waals surface area contributed by atoms with Gasteiger partial charge in [0.25, 0.3) is 0 Å². The van der Waals surface area contributed by atoms with E-state index in [1.165, 1.54) is 6.08 Å². The summed E-state index contributed by atoms with van der Waals surface area (Å²) in [5, 5.41) is 2.31. The summed E-state index contributed by atoms with van der Waals surface area (Å²) in [6.07, 6.45) is 3.48. The van der Waals surface area contributed by atoms with Crippen LogP contribution in [0.2, 0.25) is 0 Å². The van der Waals surface area contributed by atoms with Gasteiger partial charge >= 0.3 is 5.97 Å². The average Bonchev–Trinajstić information content (AvgIpc) is 2.18. The molecule has 0 saturated carbocycles. The molecule has 3 nitrogen and oxygen atoms in total. The maximum atomic E-state index is 11.1. The third-order valence-corrected chi connectivity index (χ3v) is 2.95. The second-order valence-electron chi connectivity index (χ2n) is 4.37. The van der Waals surface area contributed by atoms with Gasteiger partial charge in [-0.2, -0.15) is 0 Å². The number of hydrogen-bond acceptors (Lipinski definition) is 2. The molecule has 1 rings (SSSR count). The van der Waals surface area contributed by atoms with Crippen molar-refractivity contribution >= 4 is 5.97 Å². The van der Waals surface area contributed by atoms with Crippen LogP contribution in [-0.2, 0) is 9.53 Å². The molecule has 1 heterocycles. The van der Waals surface area contributed by atoms with Crippen LogP contribution in [0.4, 0.5) is 0 Å². The Bertz CT molecular complexity index is 217. The number of carbonyl (C=O) groups is 1. The van der Waals surface area contributed by atoms with E-state index in [9.17, 15) is 4.79 Å². The van der Waals surface area contributed by atoms with Gasteiger partial charge in [-0.05, 0) is 13.8 Å². The smallest absolute Gasteiger partial charge is 0.330 e. The lowest BCUT2D eigenvalue weighted by Gasteiger charge is -2.35. The van der Waals surface area contributed by atoms with Crippen LogP contribution < -0.4 is 5.32 Å². The zero-order chi connectivity index (χ0) is 10.6. The Kier molecular flexibility index (Phi) is 3.69. The number of rotatable bonds is 3. The number of ether oxygens (including phenoxy) is 1. The zero-order valence-corrected chi connectivity index (χ0v) is 9.08. The summed E-state index contributed by atoms with van der Waals surface area (Å²) >= 11 is 0. The third-order valence-electron chi connectivity index (χ3n) is 2.95. The molecule has 14 heavy (non-hydrogen) atoms. The van der Waals surface area contributed by atoms with Crippen molar-refractivity contribution in [3.63, 3.8) is 0 Å². The van der Waals surface area contributed by atoms with Crippen molar-refractivity contribution in [1.29, 1.82) is 0 Å². The number of esters is 1. The van der Waals surface area contributed by atoms with Crippen molar-refractivity contribution < 1.29 is 14.8 Å². The van der Waals surface area contributed by atoms with E-state index in [1.807, 2.05) is 13.8 Å². The molecule has 0 aromatic carbocycles. The van der Waals surface area contributed by atoms with Crippen molar-refractivity contribution in [2.45, 2.75) is 32.3 Å². The molecule has 1 saturated heterocycles. The van der Waals surface area contributed by atoms with E-state index in [4.69, 9.17) is 4.74 Å². The van der Waals surface area contributed by atoms with Crippen LogP contribution in [-0.4, -0.2) is 24.7 Å². The van der Waals surface area contributed by atoms with Crippen LogP contribution in [0.1, 0.15) is 26.7 Å². The fourth-order valence-corrected chi connectivity index (χ4v) is 2.01. The Hall–Kier alpha value is -0.830. The van der Waals surface area contributed by atoms with Gasteiger partial charge in [0.15, 0.2) is 0 Å². The topological polar surface area (TPSA) is 42.9 Å². The van der Waals surface area contributed by atoms with Crippen molar-refractivity contribution in [2.24, 2.45) is 5.92 Å². The number of nitrogens with two attached hydrogens (primary N) is 1. The molecule has 1 aliphatic rings. The zero-order valence-electron chi connectivity index (χ0n) is 9.08. The lowest BCUT2D eigenvalue weighted by molar-refractivity contribution is -0.665. The van der Waals surface area contributed by atoms with Gasteiger partial charge in [0.2, 0.25) is 0 Å². The van der Waals surface area contributed by atoms with E-state index in [0.717, 1.165) is 25.9 Å². The normalized spacial score (nSPS) is 19.0. The second-order valence-corrected chi connectivity index (χ2v) is 4.37. The van der Waals surface area contributed by atoms with Gasteiger partial charge in [-0.1, -0.05) is 6.58 Å². The second kappa shape index (κ2) is 4.60. The lowest BCUT2D eigenvalue weighted by atomic mass is 9.83. The van der Waals surface area contributed by atoms with Crippen LogP contribution >= 0.6 is 0 Å². The van der Waals surface area contributed by atoms with E-state index >= 15 is 0 Å². The molecule has 0 atom stereocenters. The average molecular weight is 198 g/mol. The molecule has 1 aliphatic heterocycles. The molecular weight excluding hydrogens is 178 g/mol. The molecule has 1 fully saturated rings. The van der Waals surface area contributed by atoms with Crippen LogP contribution in [0.3, 0.4) is 0 Å². The molecule has 0 spiro atoms. The number of hydrogen-bond donors (Lipinski definition) is 1. The van der Waals surface area contributed by atoms with Gasteiger partial charge < -0.3 is 10.1 Å². The van der Waals surface area contributed by atoms with Gasteiger partial charge in [0, 0.05) is 24.8 Å². The number of carbonyl (C=O) groups excluding carboxylic acids is 1. The minimum Gasteiger partial charge on any atom is -0.456 e. The molecule has 0 aromatic heterocycles. The Morgan fingerprint density at radius 2 is 2.07 bits per heavy atom. The highest BCUT2D eigenvalue weighted by molar-refractivity contribution is 5.81. The highest BCUT2D eigenvalue weighted by Gasteiger charge is 2.34. The SMILES string of the molecule is C=CC(=O)OC(C)(C)C1CC[NH2+]CC1. The van der Waals surface area contributed by atoms with Crippen LogP contribution in [0.5, 0.6) is 0 Å². The van der Waals surface area contributed by atoms with E-state index in [-0.39, 0.29) is 11.6 Å². The van der Waals surface area contributed by atoms with Gasteiger partial charge in [0.05, 0.1) is 13.1 Å². The van der Waals surface area contributed by atoms with Crippen molar-refractivity contribution in [1.82, 2.24) is 0 Å². The van der Waals surface area contributed by atoms with Gasteiger partial charge in [-0.3, -0.25) is 0 Å². The Labute approximate surface area is 85.5 Å². The first-order valence-corrected chi connectivity index (χ1v) is 5.23. The van der Waals surface area contributed by atoms with Crippen LogP contribution in [0.15, 0.2) is 12.7 Å². The fraction of sp³-hybridized carbons (Fsp3) is 0.727. The minimum absolute atomic E-state index is 0.315. The number of piperidine rings is 1. The summed E-state index contributed by atoms with van der Waals surface area (Å²) in [6.45, 7) is 9.67. The lowest BCUT2D eigenvalue weighted by Crippen LogP contribution is -2.86. The first-order chi connectivity index (χ1) is 6.56. The van der Waals surface area contributed by atoms with E-state index < -0.39 is 0 Å². The predicted molar refractivity (Wildman–Crippen MR) is 54.8 cm³/mol. The molecule has 0 amide bonds. The highest BCUT2D eigenvalue weighted by Crippen LogP contribution is 2.27. The van der Waals surface area contributed by atoms with Crippen molar-refractivity contribution in [3.05, 3.63) is 12.7 Å². The molecule has 3 heteroatoms. The molecule has 0 aromatic rings. The summed E-state index contributed by atoms with van der Waals surface area (Å²) in [5.41, 5.74) is -0.348. The van der Waals surface area contributed by atoms with Crippen molar-refractivity contribution in [2.75, 3.05) is 13.1 Å². The third kappa shape index (κ3) is 2.84. The van der Waals surface area contributed by atoms with Gasteiger partial charge in [0.1, 0.15) is 5.60 Å². The van der Waals surface area contributed by atoms with Crippen molar-refractivity contribution in [3.8, 4) is 0 Å². The standard InChI is InChI=1S/C11H19NO2/c1-4-10(13)14-11(2,3)9-5-7-12-8-6-9/h4,9,12H,1,5-8H2,2-3H3/p+1. The predicted octanol–water partition coefficient (Wildman–Crippen LogP) is 0.468.